The van der Waals surface area contributed by atoms with Crippen LogP contribution in [0.1, 0.15) is 45.4 Å². The molecule has 1 N–H and O–H groups in total. The van der Waals surface area contributed by atoms with Gasteiger partial charge in [-0.2, -0.15) is 11.8 Å². The Labute approximate surface area is 105 Å². The lowest BCUT2D eigenvalue weighted by Gasteiger charge is -2.35. The zero-order valence-electron chi connectivity index (χ0n) is 10.7. The maximum Gasteiger partial charge on any atom is 0.0431 e. The monoisotopic (exact) mass is 245 g/mol. The molecule has 1 rings (SSSR count). The zero-order valence-corrected chi connectivity index (χ0v) is 11.5. The number of aliphatic hydroxyl groups excluding tert-OH is 1. The first-order valence-corrected chi connectivity index (χ1v) is 7.96. The van der Waals surface area contributed by atoms with E-state index < -0.39 is 0 Å². The van der Waals surface area contributed by atoms with Gasteiger partial charge in [-0.05, 0) is 32.2 Å². The second kappa shape index (κ2) is 9.32. The van der Waals surface area contributed by atoms with Crippen LogP contribution in [0.3, 0.4) is 0 Å². The van der Waals surface area contributed by atoms with Crippen LogP contribution in [-0.2, 0) is 0 Å². The van der Waals surface area contributed by atoms with Gasteiger partial charge in [0, 0.05) is 30.7 Å². The topological polar surface area (TPSA) is 23.5 Å². The molecule has 0 amide bonds. The first-order valence-electron chi connectivity index (χ1n) is 6.81. The number of thioether (sulfide) groups is 1. The molecule has 1 unspecified atom stereocenters. The number of hydrogen-bond donors (Lipinski definition) is 1. The Kier molecular flexibility index (Phi) is 8.34. The molecule has 0 saturated carbocycles. The first kappa shape index (κ1) is 14.3. The summed E-state index contributed by atoms with van der Waals surface area (Å²) in [5.74, 6) is 2.61. The van der Waals surface area contributed by atoms with Gasteiger partial charge in [0.15, 0.2) is 0 Å². The SMILES string of the molecule is CCCCCN1CCSCC1CCCCO. The summed E-state index contributed by atoms with van der Waals surface area (Å²) in [5, 5.41) is 8.82. The average Bonchev–Trinajstić information content (AvgIpc) is 2.32. The molecule has 0 spiro atoms. The largest absolute Gasteiger partial charge is 0.396 e. The molecule has 0 bridgehead atoms. The summed E-state index contributed by atoms with van der Waals surface area (Å²) in [7, 11) is 0. The second-order valence-corrected chi connectivity index (χ2v) is 5.84. The van der Waals surface area contributed by atoms with Crippen molar-refractivity contribution in [3.63, 3.8) is 0 Å². The van der Waals surface area contributed by atoms with E-state index in [1.807, 2.05) is 0 Å². The molecule has 96 valence electrons. The highest BCUT2D eigenvalue weighted by atomic mass is 32.2. The number of rotatable bonds is 8. The first-order chi connectivity index (χ1) is 7.88. The van der Waals surface area contributed by atoms with E-state index in [9.17, 15) is 0 Å². The quantitative estimate of drug-likeness (QED) is 0.665. The minimum atomic E-state index is 0.357. The van der Waals surface area contributed by atoms with Gasteiger partial charge < -0.3 is 5.11 Å². The number of nitrogens with zero attached hydrogens (tertiary/aromatic N) is 1. The summed E-state index contributed by atoms with van der Waals surface area (Å²) in [6.07, 6.45) is 7.48. The van der Waals surface area contributed by atoms with E-state index in [4.69, 9.17) is 5.11 Å². The maximum absolute atomic E-state index is 8.82. The number of unbranched alkanes of at least 4 members (excludes halogenated alkanes) is 3. The Bertz CT molecular complexity index is 148. The second-order valence-electron chi connectivity index (χ2n) is 4.69. The van der Waals surface area contributed by atoms with Gasteiger partial charge in [0.25, 0.3) is 0 Å². The molecule has 1 aliphatic rings. The molecule has 2 nitrogen and oxygen atoms in total. The minimum absolute atomic E-state index is 0.357. The van der Waals surface area contributed by atoms with Crippen LogP contribution in [0.4, 0.5) is 0 Å². The third-order valence-electron chi connectivity index (χ3n) is 3.34. The van der Waals surface area contributed by atoms with Crippen molar-refractivity contribution in [2.45, 2.75) is 51.5 Å². The van der Waals surface area contributed by atoms with Crippen LogP contribution in [0.5, 0.6) is 0 Å². The van der Waals surface area contributed by atoms with Crippen LogP contribution < -0.4 is 0 Å². The molecular formula is C13H27NOS. The molecule has 3 heteroatoms. The zero-order chi connectivity index (χ0) is 11.6. The molecule has 1 aliphatic heterocycles. The predicted molar refractivity (Wildman–Crippen MR) is 73.1 cm³/mol. The predicted octanol–water partition coefficient (Wildman–Crippen LogP) is 2.76. The van der Waals surface area contributed by atoms with Crippen molar-refractivity contribution in [1.82, 2.24) is 4.90 Å². The van der Waals surface area contributed by atoms with E-state index in [2.05, 4.69) is 23.6 Å². The van der Waals surface area contributed by atoms with Crippen molar-refractivity contribution in [2.24, 2.45) is 0 Å². The standard InChI is InChI=1S/C13H27NOS/c1-2-3-5-8-14-9-11-16-12-13(14)7-4-6-10-15/h13,15H,2-12H2,1H3. The van der Waals surface area contributed by atoms with Crippen LogP contribution in [0.25, 0.3) is 0 Å². The van der Waals surface area contributed by atoms with E-state index in [0.29, 0.717) is 6.61 Å². The van der Waals surface area contributed by atoms with Crippen molar-refractivity contribution in [2.75, 3.05) is 31.2 Å². The molecule has 0 radical (unpaired) electrons. The molecule has 1 saturated heterocycles. The summed E-state index contributed by atoms with van der Waals surface area (Å²) in [6.45, 7) is 5.19. The molecule has 1 fully saturated rings. The lowest BCUT2D eigenvalue weighted by molar-refractivity contribution is 0.196. The highest BCUT2D eigenvalue weighted by molar-refractivity contribution is 7.99. The van der Waals surface area contributed by atoms with Gasteiger partial charge in [-0.25, -0.2) is 0 Å². The van der Waals surface area contributed by atoms with Crippen LogP contribution in [0.2, 0.25) is 0 Å². The maximum atomic E-state index is 8.82. The number of hydrogen-bond acceptors (Lipinski definition) is 3. The van der Waals surface area contributed by atoms with Crippen LogP contribution >= 0.6 is 11.8 Å². The molecule has 0 aromatic heterocycles. The summed E-state index contributed by atoms with van der Waals surface area (Å²) in [6, 6.07) is 0.780. The highest BCUT2D eigenvalue weighted by Crippen LogP contribution is 2.21. The Morgan fingerprint density at radius 2 is 2.12 bits per heavy atom. The van der Waals surface area contributed by atoms with Crippen molar-refractivity contribution in [3.8, 4) is 0 Å². The van der Waals surface area contributed by atoms with Gasteiger partial charge in [0.05, 0.1) is 0 Å². The van der Waals surface area contributed by atoms with E-state index in [-0.39, 0.29) is 0 Å². The van der Waals surface area contributed by atoms with E-state index in [0.717, 1.165) is 12.5 Å². The summed E-state index contributed by atoms with van der Waals surface area (Å²) in [5.41, 5.74) is 0. The van der Waals surface area contributed by atoms with Crippen LogP contribution in [0.15, 0.2) is 0 Å². The molecular weight excluding hydrogens is 218 g/mol. The van der Waals surface area contributed by atoms with Gasteiger partial charge in [-0.1, -0.05) is 19.8 Å². The van der Waals surface area contributed by atoms with Crippen LogP contribution in [0, 0.1) is 0 Å². The molecule has 1 atom stereocenters. The van der Waals surface area contributed by atoms with Gasteiger partial charge in [0.1, 0.15) is 0 Å². The minimum Gasteiger partial charge on any atom is -0.396 e. The highest BCUT2D eigenvalue weighted by Gasteiger charge is 2.21. The normalized spacial score (nSPS) is 22.5. The summed E-state index contributed by atoms with van der Waals surface area (Å²) >= 11 is 2.10. The Morgan fingerprint density at radius 1 is 1.25 bits per heavy atom. The van der Waals surface area contributed by atoms with Crippen molar-refractivity contribution in [3.05, 3.63) is 0 Å². The molecule has 0 aromatic carbocycles. The summed E-state index contributed by atoms with van der Waals surface area (Å²) in [4.78, 5) is 2.68. The van der Waals surface area contributed by atoms with Crippen molar-refractivity contribution >= 4 is 11.8 Å². The molecule has 0 aromatic rings. The molecule has 16 heavy (non-hydrogen) atoms. The third kappa shape index (κ3) is 5.55. The van der Waals surface area contributed by atoms with E-state index in [1.165, 1.54) is 56.7 Å². The Hall–Kier alpha value is 0.270. The van der Waals surface area contributed by atoms with Crippen LogP contribution in [-0.4, -0.2) is 47.3 Å². The fourth-order valence-electron chi connectivity index (χ4n) is 2.31. The van der Waals surface area contributed by atoms with Gasteiger partial charge in [-0.15, -0.1) is 0 Å². The fourth-order valence-corrected chi connectivity index (χ4v) is 3.49. The van der Waals surface area contributed by atoms with Gasteiger partial charge in [-0.3, -0.25) is 4.90 Å². The molecule has 0 aliphatic carbocycles. The Balaban J connectivity index is 2.20. The lowest BCUT2D eigenvalue weighted by atomic mass is 10.1. The number of aliphatic hydroxyl groups is 1. The third-order valence-corrected chi connectivity index (χ3v) is 4.44. The molecule has 1 heterocycles. The fraction of sp³-hybridized carbons (Fsp3) is 1.00. The van der Waals surface area contributed by atoms with Gasteiger partial charge in [0.2, 0.25) is 0 Å². The van der Waals surface area contributed by atoms with Crippen molar-refractivity contribution in [1.29, 1.82) is 0 Å². The van der Waals surface area contributed by atoms with E-state index >= 15 is 0 Å². The Morgan fingerprint density at radius 3 is 2.88 bits per heavy atom. The van der Waals surface area contributed by atoms with Gasteiger partial charge >= 0.3 is 0 Å². The smallest absolute Gasteiger partial charge is 0.0431 e. The van der Waals surface area contributed by atoms with E-state index in [1.54, 1.807) is 0 Å². The average molecular weight is 245 g/mol. The van der Waals surface area contributed by atoms with Crippen molar-refractivity contribution < 1.29 is 5.11 Å². The lowest BCUT2D eigenvalue weighted by Crippen LogP contribution is -2.42. The summed E-state index contributed by atoms with van der Waals surface area (Å²) < 4.78 is 0.